The Kier molecular flexibility index (Phi) is 38.5. The molecule has 0 rings (SSSR count). The van der Waals surface area contributed by atoms with Crippen molar-refractivity contribution >= 4 is 17.9 Å². The average molecular weight is 794 g/mol. The van der Waals surface area contributed by atoms with Crippen LogP contribution >= 0.6 is 0 Å². The number of carbonyl (C=O) groups excluding carboxylic acids is 3. The zero-order valence-corrected chi connectivity index (χ0v) is 37.6. The molecular formula is C48H91NO7. The van der Waals surface area contributed by atoms with E-state index >= 15 is 0 Å². The van der Waals surface area contributed by atoms with Crippen LogP contribution in [0.5, 0.6) is 0 Å². The number of ether oxygens (including phenoxy) is 3. The fourth-order valence-corrected chi connectivity index (χ4v) is 7.18. The normalized spacial score (nSPS) is 12.9. The van der Waals surface area contributed by atoms with Crippen LogP contribution in [0, 0.1) is 0 Å². The van der Waals surface area contributed by atoms with Gasteiger partial charge in [0.25, 0.3) is 0 Å². The van der Waals surface area contributed by atoms with Gasteiger partial charge in [-0.15, -0.1) is 0 Å². The van der Waals surface area contributed by atoms with E-state index in [1.54, 1.807) is 21.1 Å². The van der Waals surface area contributed by atoms with E-state index in [0.29, 0.717) is 12.8 Å². The highest BCUT2D eigenvalue weighted by Crippen LogP contribution is 2.16. The molecule has 0 fully saturated rings. The summed E-state index contributed by atoms with van der Waals surface area (Å²) in [5.74, 6) is -1.74. The Hall–Kier alpha value is -1.93. The van der Waals surface area contributed by atoms with E-state index in [1.807, 2.05) is 0 Å². The van der Waals surface area contributed by atoms with Gasteiger partial charge < -0.3 is 28.6 Å². The Morgan fingerprint density at radius 3 is 1.30 bits per heavy atom. The van der Waals surface area contributed by atoms with Gasteiger partial charge in [-0.05, 0) is 38.5 Å². The van der Waals surface area contributed by atoms with Gasteiger partial charge in [0.2, 0.25) is 0 Å². The number of aliphatic carboxylic acids is 1. The highest BCUT2D eigenvalue weighted by molar-refractivity contribution is 5.70. The van der Waals surface area contributed by atoms with Crippen molar-refractivity contribution in [2.45, 2.75) is 238 Å². The van der Waals surface area contributed by atoms with Gasteiger partial charge in [-0.3, -0.25) is 9.59 Å². The van der Waals surface area contributed by atoms with Crippen LogP contribution in [0.15, 0.2) is 12.2 Å². The molecule has 8 heteroatoms. The predicted octanol–water partition coefficient (Wildman–Crippen LogP) is 11.8. The van der Waals surface area contributed by atoms with Crippen LogP contribution < -0.4 is 5.11 Å². The highest BCUT2D eigenvalue weighted by Gasteiger charge is 2.25. The number of allylic oxidation sites excluding steroid dienone is 2. The molecule has 0 N–H and O–H groups in total. The summed E-state index contributed by atoms with van der Waals surface area (Å²) in [5.41, 5.74) is 0. The molecule has 0 aliphatic heterocycles. The van der Waals surface area contributed by atoms with Crippen molar-refractivity contribution in [3.8, 4) is 0 Å². The van der Waals surface area contributed by atoms with Gasteiger partial charge in [0.1, 0.15) is 12.6 Å². The summed E-state index contributed by atoms with van der Waals surface area (Å²) in [4.78, 5) is 36.9. The first kappa shape index (κ1) is 54.1. The monoisotopic (exact) mass is 794 g/mol. The van der Waals surface area contributed by atoms with Gasteiger partial charge in [-0.2, -0.15) is 0 Å². The minimum absolute atomic E-state index is 0.0419. The number of rotatable bonds is 43. The molecular weight excluding hydrogens is 703 g/mol. The lowest BCUT2D eigenvalue weighted by Gasteiger charge is -2.34. The van der Waals surface area contributed by atoms with Crippen molar-refractivity contribution < 1.29 is 38.2 Å². The van der Waals surface area contributed by atoms with Crippen LogP contribution in [0.25, 0.3) is 0 Å². The topological polar surface area (TPSA) is 102 Å². The summed E-state index contributed by atoms with van der Waals surface area (Å²) in [6.45, 7) is 4.68. The van der Waals surface area contributed by atoms with E-state index in [-0.39, 0.29) is 42.7 Å². The predicted molar refractivity (Wildman–Crippen MR) is 231 cm³/mol. The second kappa shape index (κ2) is 39.9. The van der Waals surface area contributed by atoms with Crippen molar-refractivity contribution in [1.82, 2.24) is 0 Å². The number of likely N-dealkylation sites (N-methyl/N-ethyl adjacent to an activating group) is 1. The lowest BCUT2D eigenvalue weighted by molar-refractivity contribution is -0.889. The first-order chi connectivity index (χ1) is 27.1. The maximum absolute atomic E-state index is 12.7. The summed E-state index contributed by atoms with van der Waals surface area (Å²) in [6, 6.07) is -0.723. The van der Waals surface area contributed by atoms with Crippen LogP contribution in [0.1, 0.15) is 226 Å². The van der Waals surface area contributed by atoms with Crippen molar-refractivity contribution in [1.29, 1.82) is 0 Å². The first-order valence-electron chi connectivity index (χ1n) is 23.7. The van der Waals surface area contributed by atoms with E-state index in [9.17, 15) is 19.5 Å². The number of carboxylic acids is 1. The third-order valence-electron chi connectivity index (χ3n) is 10.9. The second-order valence-electron chi connectivity index (χ2n) is 17.4. The number of hydrogen-bond acceptors (Lipinski definition) is 7. The Bertz CT molecular complexity index is 931. The van der Waals surface area contributed by atoms with Gasteiger partial charge in [-0.1, -0.05) is 180 Å². The molecule has 0 amide bonds. The summed E-state index contributed by atoms with van der Waals surface area (Å²) in [6.07, 6.45) is 42.3. The molecule has 0 saturated carbocycles. The van der Waals surface area contributed by atoms with Crippen molar-refractivity contribution in [2.24, 2.45) is 0 Å². The van der Waals surface area contributed by atoms with Crippen molar-refractivity contribution in [3.05, 3.63) is 12.2 Å². The zero-order chi connectivity index (χ0) is 41.4. The van der Waals surface area contributed by atoms with Crippen LogP contribution in [0.3, 0.4) is 0 Å². The maximum Gasteiger partial charge on any atom is 0.306 e. The van der Waals surface area contributed by atoms with E-state index in [4.69, 9.17) is 14.2 Å². The molecule has 0 radical (unpaired) electrons. The fraction of sp³-hybridized carbons (Fsp3) is 0.896. The molecule has 2 atom stereocenters. The van der Waals surface area contributed by atoms with Gasteiger partial charge in [0.15, 0.2) is 6.10 Å². The molecule has 330 valence electrons. The van der Waals surface area contributed by atoms with E-state index < -0.39 is 18.1 Å². The first-order valence-corrected chi connectivity index (χ1v) is 23.7. The van der Waals surface area contributed by atoms with Gasteiger partial charge in [0, 0.05) is 19.3 Å². The van der Waals surface area contributed by atoms with E-state index in [2.05, 4.69) is 26.0 Å². The Morgan fingerprint density at radius 2 is 0.893 bits per heavy atom. The molecule has 0 aromatic heterocycles. The SMILES string of the molecule is CCCCCCCCC/C=C/CCCCCC(=O)OCC(COCCC(C(=O)[O-])[N+](C)(C)C)OC(=O)CCCCCCCCCCCCCCCCCCCC. The largest absolute Gasteiger partial charge is 0.544 e. The Balaban J connectivity index is 4.28. The number of nitrogens with zero attached hydrogens (tertiary/aromatic N) is 1. The Labute approximate surface area is 346 Å². The third-order valence-corrected chi connectivity index (χ3v) is 10.9. The standard InChI is InChI=1S/C48H91NO7/c1-6-8-10-12-14-16-18-20-22-23-24-25-27-29-31-33-35-37-39-47(51)56-44(42-54-41-40-45(48(52)53)49(3,4)5)43-55-46(50)38-36-34-32-30-28-26-21-19-17-15-13-11-9-7-2/h26,28,44-45H,6-25,27,29-43H2,1-5H3/b28-26+. The number of esters is 2. The highest BCUT2D eigenvalue weighted by atomic mass is 16.6. The number of quaternary nitrogens is 1. The van der Waals surface area contributed by atoms with E-state index in [0.717, 1.165) is 51.4 Å². The minimum Gasteiger partial charge on any atom is -0.544 e. The molecule has 0 aliphatic carbocycles. The molecule has 0 aromatic carbocycles. The molecule has 0 heterocycles. The minimum atomic E-state index is -1.12. The lowest BCUT2D eigenvalue weighted by atomic mass is 10.0. The molecule has 0 spiro atoms. The maximum atomic E-state index is 12.7. The molecule has 2 unspecified atom stereocenters. The molecule has 0 aromatic rings. The van der Waals surface area contributed by atoms with Gasteiger partial charge in [0.05, 0.1) is 40.3 Å². The fourth-order valence-electron chi connectivity index (χ4n) is 7.18. The molecule has 0 aliphatic rings. The molecule has 56 heavy (non-hydrogen) atoms. The molecule has 0 saturated heterocycles. The van der Waals surface area contributed by atoms with Crippen LogP contribution in [-0.4, -0.2) is 75.5 Å². The molecule has 8 nitrogen and oxygen atoms in total. The summed E-state index contributed by atoms with van der Waals surface area (Å²) in [5, 5.41) is 11.6. The van der Waals surface area contributed by atoms with Crippen LogP contribution in [0.4, 0.5) is 0 Å². The molecule has 0 bridgehead atoms. The van der Waals surface area contributed by atoms with Gasteiger partial charge in [-0.25, -0.2) is 0 Å². The van der Waals surface area contributed by atoms with Crippen molar-refractivity contribution in [3.63, 3.8) is 0 Å². The summed E-state index contributed by atoms with van der Waals surface area (Å²) >= 11 is 0. The summed E-state index contributed by atoms with van der Waals surface area (Å²) < 4.78 is 17.2. The second-order valence-corrected chi connectivity index (χ2v) is 17.4. The number of carbonyl (C=O) groups is 3. The van der Waals surface area contributed by atoms with E-state index in [1.165, 1.54) is 141 Å². The average Bonchev–Trinajstić information content (AvgIpc) is 3.15. The Morgan fingerprint density at radius 1 is 0.518 bits per heavy atom. The third kappa shape index (κ3) is 37.6. The zero-order valence-electron chi connectivity index (χ0n) is 37.6. The number of hydrogen-bond donors (Lipinski definition) is 0. The quantitative estimate of drug-likeness (QED) is 0.0262. The van der Waals surface area contributed by atoms with Crippen LogP contribution in [0.2, 0.25) is 0 Å². The van der Waals surface area contributed by atoms with Gasteiger partial charge >= 0.3 is 11.9 Å². The lowest BCUT2D eigenvalue weighted by Crippen LogP contribution is -2.55. The number of unbranched alkanes of at least 4 members (excludes halogenated alkanes) is 27. The number of carboxylic acid groups (broad SMARTS) is 1. The summed E-state index contributed by atoms with van der Waals surface area (Å²) in [7, 11) is 5.41. The van der Waals surface area contributed by atoms with Crippen LogP contribution in [-0.2, 0) is 28.6 Å². The van der Waals surface area contributed by atoms with Crippen molar-refractivity contribution in [2.75, 3.05) is 41.0 Å². The smallest absolute Gasteiger partial charge is 0.306 e.